The van der Waals surface area contributed by atoms with E-state index in [4.69, 9.17) is 0 Å². The predicted molar refractivity (Wildman–Crippen MR) is 101 cm³/mol. The number of hydrogen-bond donors (Lipinski definition) is 1. The molecule has 3 heteroatoms. The van der Waals surface area contributed by atoms with Crippen LogP contribution in [-0.2, 0) is 10.2 Å². The Balaban J connectivity index is 1.66. The van der Waals surface area contributed by atoms with Crippen molar-refractivity contribution in [3.05, 3.63) is 35.9 Å². The van der Waals surface area contributed by atoms with Crippen molar-refractivity contribution in [3.8, 4) is 0 Å². The van der Waals surface area contributed by atoms with Gasteiger partial charge in [0.25, 0.3) is 0 Å². The third-order valence-corrected chi connectivity index (χ3v) is 6.93. The van der Waals surface area contributed by atoms with E-state index in [1.807, 2.05) is 0 Å². The second-order valence-corrected chi connectivity index (χ2v) is 9.25. The van der Waals surface area contributed by atoms with Crippen molar-refractivity contribution < 1.29 is 4.79 Å². The Morgan fingerprint density at radius 1 is 1.12 bits per heavy atom. The number of carbonyl (C=O) groups is 1. The van der Waals surface area contributed by atoms with E-state index >= 15 is 0 Å². The third-order valence-electron chi connectivity index (χ3n) is 6.93. The number of benzene rings is 1. The molecule has 2 aliphatic carbocycles. The van der Waals surface area contributed by atoms with E-state index in [2.05, 4.69) is 54.4 Å². The van der Waals surface area contributed by atoms with E-state index in [-0.39, 0.29) is 10.8 Å². The van der Waals surface area contributed by atoms with Crippen molar-refractivity contribution in [1.29, 1.82) is 0 Å². The lowest BCUT2D eigenvalue weighted by Gasteiger charge is -2.55. The fourth-order valence-corrected chi connectivity index (χ4v) is 6.34. The van der Waals surface area contributed by atoms with Crippen molar-refractivity contribution in [2.45, 2.75) is 51.4 Å². The summed E-state index contributed by atoms with van der Waals surface area (Å²) < 4.78 is 0. The lowest BCUT2D eigenvalue weighted by atomic mass is 9.50. The maximum absolute atomic E-state index is 13.5. The van der Waals surface area contributed by atoms with Gasteiger partial charge < -0.3 is 10.2 Å². The molecule has 2 bridgehead atoms. The van der Waals surface area contributed by atoms with Crippen LogP contribution in [-0.4, -0.2) is 37.0 Å². The molecule has 1 amide bonds. The SMILES string of the molecule is CC1CC2CC(C)(C(=O)N3CCNCC3)CC(c3ccccc3)(C1)C2. The smallest absolute Gasteiger partial charge is 0.228 e. The van der Waals surface area contributed by atoms with E-state index < -0.39 is 0 Å². The van der Waals surface area contributed by atoms with Gasteiger partial charge in [0.15, 0.2) is 0 Å². The van der Waals surface area contributed by atoms with Crippen molar-refractivity contribution >= 4 is 5.91 Å². The van der Waals surface area contributed by atoms with Crippen molar-refractivity contribution in [2.75, 3.05) is 26.2 Å². The van der Waals surface area contributed by atoms with Crippen LogP contribution in [0.15, 0.2) is 30.3 Å². The third kappa shape index (κ3) is 3.12. The monoisotopic (exact) mass is 340 g/mol. The average molecular weight is 341 g/mol. The minimum Gasteiger partial charge on any atom is -0.340 e. The van der Waals surface area contributed by atoms with Gasteiger partial charge in [0.2, 0.25) is 5.91 Å². The summed E-state index contributed by atoms with van der Waals surface area (Å²) in [5.41, 5.74) is 1.46. The second-order valence-electron chi connectivity index (χ2n) is 9.25. The van der Waals surface area contributed by atoms with Crippen LogP contribution in [0, 0.1) is 17.3 Å². The van der Waals surface area contributed by atoms with E-state index in [1.54, 1.807) is 0 Å². The summed E-state index contributed by atoms with van der Waals surface area (Å²) in [4.78, 5) is 15.6. The minimum absolute atomic E-state index is 0.195. The summed E-state index contributed by atoms with van der Waals surface area (Å²) in [6, 6.07) is 11.1. The molecule has 4 unspecified atom stereocenters. The van der Waals surface area contributed by atoms with E-state index in [1.165, 1.54) is 24.8 Å². The Hall–Kier alpha value is -1.35. The van der Waals surface area contributed by atoms with E-state index in [0.29, 0.717) is 11.8 Å². The Labute approximate surface area is 152 Å². The first-order chi connectivity index (χ1) is 12.0. The zero-order chi connectivity index (χ0) is 17.5. The van der Waals surface area contributed by atoms with Gasteiger partial charge in [-0.25, -0.2) is 0 Å². The molecule has 3 aliphatic rings. The van der Waals surface area contributed by atoms with Crippen LogP contribution in [0.1, 0.15) is 51.5 Å². The van der Waals surface area contributed by atoms with Gasteiger partial charge in [-0.05, 0) is 54.9 Å². The van der Waals surface area contributed by atoms with Gasteiger partial charge in [-0.3, -0.25) is 4.79 Å². The van der Waals surface area contributed by atoms with Crippen molar-refractivity contribution in [1.82, 2.24) is 10.2 Å². The van der Waals surface area contributed by atoms with Gasteiger partial charge in [0, 0.05) is 31.6 Å². The number of hydrogen-bond acceptors (Lipinski definition) is 2. The average Bonchev–Trinajstić information content (AvgIpc) is 2.61. The highest BCUT2D eigenvalue weighted by Crippen LogP contribution is 2.58. The number of amides is 1. The minimum atomic E-state index is -0.198. The highest BCUT2D eigenvalue weighted by Gasteiger charge is 2.53. The molecule has 4 atom stereocenters. The molecule has 1 N–H and O–H groups in total. The molecular formula is C22H32N2O. The van der Waals surface area contributed by atoms with Crippen molar-refractivity contribution in [2.24, 2.45) is 17.3 Å². The van der Waals surface area contributed by atoms with Gasteiger partial charge >= 0.3 is 0 Å². The van der Waals surface area contributed by atoms with Gasteiger partial charge in [-0.15, -0.1) is 0 Å². The lowest BCUT2D eigenvalue weighted by Crippen LogP contribution is -2.56. The fourth-order valence-electron chi connectivity index (χ4n) is 6.34. The van der Waals surface area contributed by atoms with Crippen molar-refractivity contribution in [3.63, 3.8) is 0 Å². The molecule has 3 nitrogen and oxygen atoms in total. The van der Waals surface area contributed by atoms with E-state index in [0.717, 1.165) is 44.9 Å². The molecule has 25 heavy (non-hydrogen) atoms. The molecule has 136 valence electrons. The molecule has 0 spiro atoms. The Kier molecular flexibility index (Phi) is 4.39. The highest BCUT2D eigenvalue weighted by molar-refractivity contribution is 5.83. The van der Waals surface area contributed by atoms with Crippen LogP contribution in [0.2, 0.25) is 0 Å². The Morgan fingerprint density at radius 3 is 2.56 bits per heavy atom. The zero-order valence-electron chi connectivity index (χ0n) is 15.8. The number of nitrogens with zero attached hydrogens (tertiary/aromatic N) is 1. The fraction of sp³-hybridized carbons (Fsp3) is 0.682. The molecule has 0 aromatic heterocycles. The number of fused-ring (bicyclic) bond motifs is 2. The number of piperazine rings is 1. The molecular weight excluding hydrogens is 308 g/mol. The molecule has 1 aromatic carbocycles. The highest BCUT2D eigenvalue weighted by atomic mass is 16.2. The zero-order valence-corrected chi connectivity index (χ0v) is 15.8. The van der Waals surface area contributed by atoms with Crippen LogP contribution in [0.3, 0.4) is 0 Å². The molecule has 1 saturated heterocycles. The standard InChI is InChI=1S/C22H32N2O/c1-17-12-18-14-21(2,20(25)24-10-8-23-9-11-24)16-22(13-17,15-18)19-6-4-3-5-7-19/h3-7,17-18,23H,8-16H2,1-2H3. The van der Waals surface area contributed by atoms with Crippen LogP contribution >= 0.6 is 0 Å². The molecule has 1 heterocycles. The molecule has 4 rings (SSSR count). The van der Waals surface area contributed by atoms with Crippen LogP contribution in [0.25, 0.3) is 0 Å². The Bertz CT molecular complexity index is 620. The van der Waals surface area contributed by atoms with Crippen LogP contribution in [0.5, 0.6) is 0 Å². The topological polar surface area (TPSA) is 32.3 Å². The normalized spacial score (nSPS) is 38.4. The van der Waals surface area contributed by atoms with Crippen LogP contribution in [0.4, 0.5) is 0 Å². The maximum atomic E-state index is 13.5. The summed E-state index contributed by atoms with van der Waals surface area (Å²) in [5.74, 6) is 1.86. The quantitative estimate of drug-likeness (QED) is 0.892. The predicted octanol–water partition coefficient (Wildman–Crippen LogP) is 3.59. The number of carbonyl (C=O) groups excluding carboxylic acids is 1. The summed E-state index contributed by atoms with van der Waals surface area (Å²) in [6.07, 6.45) is 5.89. The summed E-state index contributed by atoms with van der Waals surface area (Å²) in [5, 5.41) is 3.37. The van der Waals surface area contributed by atoms with Crippen LogP contribution < -0.4 is 5.32 Å². The second kappa shape index (κ2) is 6.42. The first-order valence-electron chi connectivity index (χ1n) is 10.1. The first-order valence-corrected chi connectivity index (χ1v) is 10.1. The summed E-state index contributed by atoms with van der Waals surface area (Å²) in [6.45, 7) is 8.28. The number of nitrogens with one attached hydrogen (secondary N) is 1. The maximum Gasteiger partial charge on any atom is 0.228 e. The van der Waals surface area contributed by atoms with Gasteiger partial charge in [-0.2, -0.15) is 0 Å². The summed E-state index contributed by atoms with van der Waals surface area (Å²) >= 11 is 0. The Morgan fingerprint density at radius 2 is 1.84 bits per heavy atom. The largest absolute Gasteiger partial charge is 0.340 e. The molecule has 3 fully saturated rings. The molecule has 2 saturated carbocycles. The van der Waals surface area contributed by atoms with Gasteiger partial charge in [-0.1, -0.05) is 44.2 Å². The van der Waals surface area contributed by atoms with Gasteiger partial charge in [0.1, 0.15) is 0 Å². The molecule has 0 radical (unpaired) electrons. The number of rotatable bonds is 2. The summed E-state index contributed by atoms with van der Waals surface area (Å²) in [7, 11) is 0. The van der Waals surface area contributed by atoms with Gasteiger partial charge in [0.05, 0.1) is 0 Å². The molecule has 1 aromatic rings. The van der Waals surface area contributed by atoms with E-state index in [9.17, 15) is 4.79 Å². The lowest BCUT2D eigenvalue weighted by molar-refractivity contribution is -0.148. The molecule has 1 aliphatic heterocycles. The first kappa shape index (κ1) is 17.1.